The second-order valence-corrected chi connectivity index (χ2v) is 4.21. The van der Waals surface area contributed by atoms with Crippen molar-refractivity contribution in [2.24, 2.45) is 4.99 Å². The second-order valence-electron chi connectivity index (χ2n) is 4.21. The molecule has 5 heteroatoms. The number of nitrogens with zero attached hydrogens (tertiary/aromatic N) is 2. The minimum atomic E-state index is -0.470. The first kappa shape index (κ1) is 14.5. The predicted octanol–water partition coefficient (Wildman–Crippen LogP) is 4.75. The fraction of sp³-hybridized carbons (Fsp3) is 0.0625. The smallest absolute Gasteiger partial charge is 0.311 e. The Morgan fingerprint density at radius 2 is 2.05 bits per heavy atom. The lowest BCUT2D eigenvalue weighted by Gasteiger charge is -2.08. The number of hydrogen-bond donors (Lipinski definition) is 0. The van der Waals surface area contributed by atoms with Gasteiger partial charge in [0.25, 0.3) is 0 Å². The molecule has 2 aromatic carbocycles. The van der Waals surface area contributed by atoms with Crippen LogP contribution in [0.4, 0.5) is 11.4 Å². The van der Waals surface area contributed by atoms with E-state index >= 15 is 0 Å². The minimum Gasteiger partial charge on any atom is -0.450 e. The molecule has 0 fully saturated rings. The van der Waals surface area contributed by atoms with Gasteiger partial charge >= 0.3 is 5.69 Å². The normalized spacial score (nSPS) is 10.5. The molecular formula is C16H14N2O3. The maximum atomic E-state index is 11.0. The molecular weight excluding hydrogens is 268 g/mol. The van der Waals surface area contributed by atoms with Crippen molar-refractivity contribution in [2.75, 3.05) is 0 Å². The van der Waals surface area contributed by atoms with Gasteiger partial charge in [0, 0.05) is 11.6 Å². The van der Waals surface area contributed by atoms with Crippen LogP contribution in [0, 0.1) is 10.1 Å². The Bertz CT molecular complexity index is 708. The van der Waals surface area contributed by atoms with Crippen molar-refractivity contribution in [3.63, 3.8) is 0 Å². The Morgan fingerprint density at radius 1 is 1.29 bits per heavy atom. The summed E-state index contributed by atoms with van der Waals surface area (Å²) >= 11 is 0. The number of hydrogen-bond acceptors (Lipinski definition) is 4. The van der Waals surface area contributed by atoms with E-state index < -0.39 is 4.92 Å². The minimum absolute atomic E-state index is 0.0731. The van der Waals surface area contributed by atoms with E-state index in [1.165, 1.54) is 6.07 Å². The molecule has 0 radical (unpaired) electrons. The molecule has 0 amide bonds. The van der Waals surface area contributed by atoms with E-state index in [9.17, 15) is 10.1 Å². The van der Waals surface area contributed by atoms with Crippen molar-refractivity contribution in [1.82, 2.24) is 0 Å². The van der Waals surface area contributed by atoms with Crippen LogP contribution in [0.15, 0.2) is 53.5 Å². The molecule has 5 nitrogen and oxygen atoms in total. The van der Waals surface area contributed by atoms with E-state index in [0.29, 0.717) is 5.75 Å². The van der Waals surface area contributed by atoms with E-state index in [2.05, 4.69) is 11.7 Å². The van der Waals surface area contributed by atoms with Gasteiger partial charge in [0.1, 0.15) is 5.75 Å². The lowest BCUT2D eigenvalue weighted by molar-refractivity contribution is -0.385. The van der Waals surface area contributed by atoms with Crippen LogP contribution in [0.25, 0.3) is 6.08 Å². The SMILES string of the molecule is C=Nc1ccc(Oc2ccccc2[N+](=O)[O-])cc1/C=C\C. The van der Waals surface area contributed by atoms with Gasteiger partial charge in [0.15, 0.2) is 0 Å². The average Bonchev–Trinajstić information content (AvgIpc) is 2.48. The molecule has 0 atom stereocenters. The summed E-state index contributed by atoms with van der Waals surface area (Å²) in [7, 11) is 0. The van der Waals surface area contributed by atoms with Crippen molar-refractivity contribution in [1.29, 1.82) is 0 Å². The van der Waals surface area contributed by atoms with Crippen molar-refractivity contribution >= 4 is 24.2 Å². The highest BCUT2D eigenvalue weighted by molar-refractivity contribution is 5.67. The molecule has 0 saturated heterocycles. The Hall–Kier alpha value is -2.95. The number of nitro groups is 1. The number of allylic oxidation sites excluding steroid dienone is 1. The van der Waals surface area contributed by atoms with Crippen LogP contribution in [0.3, 0.4) is 0 Å². The van der Waals surface area contributed by atoms with Crippen LogP contribution < -0.4 is 4.74 Å². The highest BCUT2D eigenvalue weighted by Gasteiger charge is 2.14. The fourth-order valence-corrected chi connectivity index (χ4v) is 1.87. The summed E-state index contributed by atoms with van der Waals surface area (Å²) in [5, 5.41) is 11.0. The quantitative estimate of drug-likeness (QED) is 0.451. The van der Waals surface area contributed by atoms with Crippen LogP contribution in [0.5, 0.6) is 11.5 Å². The zero-order valence-electron chi connectivity index (χ0n) is 11.5. The van der Waals surface area contributed by atoms with Gasteiger partial charge in [-0.25, -0.2) is 0 Å². The van der Waals surface area contributed by atoms with Gasteiger partial charge in [-0.1, -0.05) is 24.3 Å². The first-order chi connectivity index (χ1) is 10.2. The monoisotopic (exact) mass is 282 g/mol. The third-order valence-corrected chi connectivity index (χ3v) is 2.81. The third kappa shape index (κ3) is 3.33. The maximum Gasteiger partial charge on any atom is 0.311 e. The number of nitro benzene ring substituents is 1. The summed E-state index contributed by atoms with van der Waals surface area (Å²) in [6, 6.07) is 11.5. The summed E-state index contributed by atoms with van der Waals surface area (Å²) in [6.45, 7) is 5.40. The highest BCUT2D eigenvalue weighted by Crippen LogP contribution is 2.33. The lowest BCUT2D eigenvalue weighted by Crippen LogP contribution is -1.93. The van der Waals surface area contributed by atoms with Crippen molar-refractivity contribution in [3.8, 4) is 11.5 Å². The number of ether oxygens (including phenoxy) is 1. The molecule has 0 unspecified atom stereocenters. The van der Waals surface area contributed by atoms with Gasteiger partial charge in [0.05, 0.1) is 10.6 Å². The topological polar surface area (TPSA) is 64.7 Å². The summed E-state index contributed by atoms with van der Waals surface area (Å²) < 4.78 is 5.62. The van der Waals surface area contributed by atoms with Crippen molar-refractivity contribution < 1.29 is 9.66 Å². The number of rotatable bonds is 5. The highest BCUT2D eigenvalue weighted by atomic mass is 16.6. The standard InChI is InChI=1S/C16H14N2O3/c1-3-6-12-11-13(9-10-14(12)17-2)21-16-8-5-4-7-15(16)18(19)20/h3-11H,2H2,1H3/b6-3-. The predicted molar refractivity (Wildman–Crippen MR) is 83.5 cm³/mol. The molecule has 21 heavy (non-hydrogen) atoms. The van der Waals surface area contributed by atoms with Crippen LogP contribution >= 0.6 is 0 Å². The largest absolute Gasteiger partial charge is 0.450 e. The first-order valence-corrected chi connectivity index (χ1v) is 6.30. The van der Waals surface area contributed by atoms with E-state index in [1.54, 1.807) is 36.4 Å². The molecule has 0 aliphatic heterocycles. The molecule has 0 bridgehead atoms. The van der Waals surface area contributed by atoms with Gasteiger partial charge in [-0.15, -0.1) is 0 Å². The van der Waals surface area contributed by atoms with Crippen LogP contribution in [0.1, 0.15) is 12.5 Å². The molecule has 0 aliphatic carbocycles. The van der Waals surface area contributed by atoms with Crippen molar-refractivity contribution in [3.05, 3.63) is 64.2 Å². The molecule has 2 aromatic rings. The van der Waals surface area contributed by atoms with E-state index in [0.717, 1.165) is 11.3 Å². The molecule has 0 aromatic heterocycles. The Labute approximate surface area is 122 Å². The van der Waals surface area contributed by atoms with Gasteiger partial charge in [-0.2, -0.15) is 0 Å². The fourth-order valence-electron chi connectivity index (χ4n) is 1.87. The van der Waals surface area contributed by atoms with Gasteiger partial charge < -0.3 is 4.74 Å². The van der Waals surface area contributed by atoms with Crippen LogP contribution in [0.2, 0.25) is 0 Å². The molecule has 0 aliphatic rings. The van der Waals surface area contributed by atoms with E-state index in [1.807, 2.05) is 19.1 Å². The summed E-state index contributed by atoms with van der Waals surface area (Å²) in [5.74, 6) is 0.707. The van der Waals surface area contributed by atoms with Gasteiger partial charge in [-0.05, 0) is 37.9 Å². The molecule has 0 saturated carbocycles. The van der Waals surface area contributed by atoms with Gasteiger partial charge in [-0.3, -0.25) is 15.1 Å². The average molecular weight is 282 g/mol. The zero-order valence-corrected chi connectivity index (χ0v) is 11.5. The Kier molecular flexibility index (Phi) is 4.46. The summed E-state index contributed by atoms with van der Waals surface area (Å²) in [6.07, 6.45) is 3.75. The molecule has 0 heterocycles. The maximum absolute atomic E-state index is 11.0. The number of benzene rings is 2. The molecule has 106 valence electrons. The molecule has 0 spiro atoms. The van der Waals surface area contributed by atoms with Crippen molar-refractivity contribution in [2.45, 2.75) is 6.92 Å². The number of aliphatic imine (C=N–C) groups is 1. The van der Waals surface area contributed by atoms with Crippen LogP contribution in [-0.2, 0) is 0 Å². The third-order valence-electron chi connectivity index (χ3n) is 2.81. The number of para-hydroxylation sites is 2. The first-order valence-electron chi connectivity index (χ1n) is 6.30. The second kappa shape index (κ2) is 6.47. The summed E-state index contributed by atoms with van der Waals surface area (Å²) in [5.41, 5.74) is 1.49. The molecule has 0 N–H and O–H groups in total. The van der Waals surface area contributed by atoms with E-state index in [4.69, 9.17) is 4.74 Å². The van der Waals surface area contributed by atoms with Gasteiger partial charge in [0.2, 0.25) is 5.75 Å². The molecule has 2 rings (SSSR count). The zero-order chi connectivity index (χ0) is 15.2. The van der Waals surface area contributed by atoms with E-state index in [-0.39, 0.29) is 11.4 Å². The van der Waals surface area contributed by atoms with Crippen LogP contribution in [-0.4, -0.2) is 11.6 Å². The Morgan fingerprint density at radius 3 is 2.71 bits per heavy atom. The lowest BCUT2D eigenvalue weighted by atomic mass is 10.1. The summed E-state index contributed by atoms with van der Waals surface area (Å²) in [4.78, 5) is 14.4. The Balaban J connectivity index is 2.38.